The molecule has 0 atom stereocenters. The van der Waals surface area contributed by atoms with Crippen LogP contribution in [0, 0.1) is 0 Å². The summed E-state index contributed by atoms with van der Waals surface area (Å²) in [5.74, 6) is 0. The van der Waals surface area contributed by atoms with Crippen molar-refractivity contribution in [3.8, 4) is 44.5 Å². The van der Waals surface area contributed by atoms with Crippen molar-refractivity contribution in [2.45, 2.75) is 26.2 Å². The van der Waals surface area contributed by atoms with Crippen LogP contribution in [0.3, 0.4) is 0 Å². The quantitative estimate of drug-likeness (QED) is 0.0791. The summed E-state index contributed by atoms with van der Waals surface area (Å²) in [6, 6.07) is 148. The maximum Gasteiger partial charge on any atom is 0.252 e. The minimum absolute atomic E-state index is 0.119. The molecule has 2 aliphatic heterocycles. The molecule has 0 amide bonds. The van der Waals surface area contributed by atoms with Crippen LogP contribution in [0.1, 0.15) is 26.3 Å². The second-order valence-corrected chi connectivity index (χ2v) is 35.1. The van der Waals surface area contributed by atoms with Gasteiger partial charge < -0.3 is 9.80 Å². The van der Waals surface area contributed by atoms with Crippen molar-refractivity contribution in [1.29, 1.82) is 0 Å². The summed E-state index contributed by atoms with van der Waals surface area (Å²) in [5.41, 5.74) is 21.3. The standard InChI is InChI=1S/C94H73BN2Si2/c1-94(2,3)74-58-60-88(84(64-74)71-40-18-7-19-41-71)97-89-57-31-29-55-85(89)95-86-65-81(98(75-44-20-8-21-45-75,76-46-22-9-23-47-76)79-52-32-42-72(62-79)68-34-12-4-13-35-68)59-61-90(86)96(87-56-30-28-54-83(87)70-38-16-6-17-39-70)91-66-82(67-92(97)93(91)95)99(77-48-24-10-25-49-77,78-50-26-11-27-51-78)80-53-33-43-73(63-80)69-36-14-5-15-37-69/h4-67H,1-3H3. The van der Waals surface area contributed by atoms with Gasteiger partial charge in [-0.15, -0.1) is 0 Å². The Kier molecular flexibility index (Phi) is 15.7. The molecule has 0 fully saturated rings. The Morgan fingerprint density at radius 3 is 1.04 bits per heavy atom. The predicted molar refractivity (Wildman–Crippen MR) is 428 cm³/mol. The fourth-order valence-electron chi connectivity index (χ4n) is 16.4. The number of nitrogens with zero attached hydrogens (tertiary/aromatic N) is 2. The molecule has 0 aromatic heterocycles. The fourth-order valence-corrected chi connectivity index (χ4v) is 26.0. The van der Waals surface area contributed by atoms with E-state index in [9.17, 15) is 0 Å². The molecule has 15 aromatic carbocycles. The lowest BCUT2D eigenvalue weighted by Crippen LogP contribution is -2.76. The number of hydrogen-bond acceptors (Lipinski definition) is 2. The summed E-state index contributed by atoms with van der Waals surface area (Å²) in [5, 5.41) is 10.5. The maximum absolute atomic E-state index is 3.43. The highest BCUT2D eigenvalue weighted by atomic mass is 28.3. The van der Waals surface area contributed by atoms with Crippen LogP contribution in [-0.4, -0.2) is 22.9 Å². The molecule has 470 valence electrons. The highest BCUT2D eigenvalue weighted by Gasteiger charge is 2.50. The van der Waals surface area contributed by atoms with Crippen molar-refractivity contribution in [3.63, 3.8) is 0 Å². The van der Waals surface area contributed by atoms with E-state index in [1.165, 1.54) is 103 Å². The lowest BCUT2D eigenvalue weighted by Gasteiger charge is -2.47. The zero-order valence-corrected chi connectivity index (χ0v) is 57.9. The first-order valence-corrected chi connectivity index (χ1v) is 38.7. The van der Waals surface area contributed by atoms with Crippen LogP contribution < -0.4 is 67.7 Å². The second kappa shape index (κ2) is 25.4. The van der Waals surface area contributed by atoms with Crippen molar-refractivity contribution < 1.29 is 0 Å². The average molecular weight is 1300 g/mol. The van der Waals surface area contributed by atoms with Crippen LogP contribution in [0.25, 0.3) is 44.5 Å². The van der Waals surface area contributed by atoms with E-state index in [0.717, 1.165) is 39.6 Å². The summed E-state index contributed by atoms with van der Waals surface area (Å²) in [7, 11) is -6.67. The summed E-state index contributed by atoms with van der Waals surface area (Å²) in [6.45, 7) is 6.78. The third-order valence-electron chi connectivity index (χ3n) is 20.9. The summed E-state index contributed by atoms with van der Waals surface area (Å²) < 4.78 is 0. The molecule has 0 N–H and O–H groups in total. The first kappa shape index (κ1) is 61.0. The zero-order valence-electron chi connectivity index (χ0n) is 55.9. The number of rotatable bonds is 14. The van der Waals surface area contributed by atoms with Crippen molar-refractivity contribution in [2.75, 3.05) is 9.80 Å². The Bertz CT molecular complexity index is 5340. The van der Waals surface area contributed by atoms with Gasteiger partial charge in [-0.2, -0.15) is 0 Å². The molecule has 0 unspecified atom stereocenters. The average Bonchev–Trinajstić information content (AvgIpc) is 0.688. The summed E-state index contributed by atoms with van der Waals surface area (Å²) >= 11 is 0. The SMILES string of the molecule is CC(C)(C)c1ccc(N2c3ccccc3B3c4cc([Si](c5ccccc5)(c5ccccc5)c5cccc(-c6ccccc6)c5)ccc4N(c4ccccc4-c4ccccc4)c4cc([Si](c5ccccc5)(c5ccccc5)c5cccc(-c6ccccc6)c5)cc2c43)c(-c2ccccc2)c1. The minimum Gasteiger partial charge on any atom is -0.311 e. The molecule has 2 aliphatic rings. The van der Waals surface area contributed by atoms with Gasteiger partial charge in [-0.05, 0) is 145 Å². The number of para-hydroxylation sites is 2. The molecule has 0 saturated heterocycles. The van der Waals surface area contributed by atoms with Crippen LogP contribution in [-0.2, 0) is 5.41 Å². The van der Waals surface area contributed by atoms with E-state index >= 15 is 0 Å². The maximum atomic E-state index is 2.69. The zero-order chi connectivity index (χ0) is 66.5. The first-order chi connectivity index (χ1) is 48.8. The summed E-state index contributed by atoms with van der Waals surface area (Å²) in [4.78, 5) is 5.36. The first-order valence-electron chi connectivity index (χ1n) is 34.7. The van der Waals surface area contributed by atoms with E-state index in [1.807, 2.05) is 0 Å². The smallest absolute Gasteiger partial charge is 0.252 e. The third kappa shape index (κ3) is 10.5. The molecule has 0 radical (unpaired) electrons. The van der Waals surface area contributed by atoms with Crippen molar-refractivity contribution >= 4 is 115 Å². The molecule has 0 aliphatic carbocycles. The Morgan fingerprint density at radius 2 is 0.566 bits per heavy atom. The van der Waals surface area contributed by atoms with Gasteiger partial charge >= 0.3 is 0 Å². The largest absolute Gasteiger partial charge is 0.311 e. The summed E-state index contributed by atoms with van der Waals surface area (Å²) in [6.07, 6.45) is 0. The normalized spacial score (nSPS) is 12.5. The topological polar surface area (TPSA) is 6.48 Å². The van der Waals surface area contributed by atoms with Gasteiger partial charge in [-0.25, -0.2) is 0 Å². The molecule has 2 heterocycles. The Labute approximate surface area is 585 Å². The molecule has 15 aromatic rings. The van der Waals surface area contributed by atoms with Gasteiger partial charge in [0.15, 0.2) is 16.1 Å². The van der Waals surface area contributed by atoms with Gasteiger partial charge in [0.2, 0.25) is 0 Å². The fraction of sp³-hybridized carbons (Fsp3) is 0.0426. The van der Waals surface area contributed by atoms with E-state index in [1.54, 1.807) is 0 Å². The number of hydrogen-bond donors (Lipinski definition) is 0. The minimum atomic E-state index is -3.43. The Balaban J connectivity index is 1.05. The van der Waals surface area contributed by atoms with Crippen LogP contribution in [0.5, 0.6) is 0 Å². The number of fused-ring (bicyclic) bond motifs is 4. The van der Waals surface area contributed by atoms with Crippen LogP contribution in [0.2, 0.25) is 0 Å². The molecular weight excluding hydrogens is 1220 g/mol. The molecule has 0 spiro atoms. The van der Waals surface area contributed by atoms with E-state index in [-0.39, 0.29) is 12.1 Å². The Hall–Kier alpha value is -11.6. The highest BCUT2D eigenvalue weighted by molar-refractivity contribution is 7.21. The van der Waals surface area contributed by atoms with Gasteiger partial charge in [-0.1, -0.05) is 367 Å². The van der Waals surface area contributed by atoms with Crippen molar-refractivity contribution in [1.82, 2.24) is 0 Å². The van der Waals surface area contributed by atoms with Gasteiger partial charge in [-0.3, -0.25) is 0 Å². The van der Waals surface area contributed by atoms with E-state index in [2.05, 4.69) is 419 Å². The lowest BCUT2D eigenvalue weighted by atomic mass is 9.33. The second-order valence-electron chi connectivity index (χ2n) is 27.5. The molecule has 5 heteroatoms. The van der Waals surface area contributed by atoms with Crippen molar-refractivity contribution in [2.24, 2.45) is 0 Å². The molecule has 2 nitrogen and oxygen atoms in total. The van der Waals surface area contributed by atoms with Gasteiger partial charge in [0.1, 0.15) is 0 Å². The lowest BCUT2D eigenvalue weighted by molar-refractivity contribution is 0.590. The van der Waals surface area contributed by atoms with E-state index < -0.39 is 16.1 Å². The molecular formula is C94H73BN2Si2. The van der Waals surface area contributed by atoms with Crippen molar-refractivity contribution in [3.05, 3.63) is 394 Å². The van der Waals surface area contributed by atoms with Gasteiger partial charge in [0.25, 0.3) is 6.71 Å². The van der Waals surface area contributed by atoms with Crippen LogP contribution >= 0.6 is 0 Å². The van der Waals surface area contributed by atoms with Gasteiger partial charge in [0, 0.05) is 33.9 Å². The number of anilines is 6. The van der Waals surface area contributed by atoms with Crippen LogP contribution in [0.15, 0.2) is 388 Å². The highest BCUT2D eigenvalue weighted by Crippen LogP contribution is 2.49. The van der Waals surface area contributed by atoms with E-state index in [0.29, 0.717) is 0 Å². The predicted octanol–water partition coefficient (Wildman–Crippen LogP) is 16.5. The number of benzene rings is 15. The monoisotopic (exact) mass is 1300 g/mol. The molecule has 0 saturated carbocycles. The van der Waals surface area contributed by atoms with E-state index in [4.69, 9.17) is 0 Å². The molecule has 99 heavy (non-hydrogen) atoms. The molecule has 17 rings (SSSR count). The Morgan fingerprint density at radius 1 is 0.222 bits per heavy atom. The van der Waals surface area contributed by atoms with Crippen LogP contribution in [0.4, 0.5) is 34.1 Å². The molecule has 0 bridgehead atoms. The third-order valence-corrected chi connectivity index (χ3v) is 30.4. The van der Waals surface area contributed by atoms with Gasteiger partial charge in [0.05, 0.1) is 11.4 Å².